The van der Waals surface area contributed by atoms with Crippen molar-refractivity contribution in [2.24, 2.45) is 11.8 Å². The van der Waals surface area contributed by atoms with Gasteiger partial charge in [-0.05, 0) is 70.2 Å². The SMILES string of the molecule is CN[C@@H](C)C(=O)C[C@H](C(=O)N1CCC[C@H]1c1cncc(C(=O)c2cccc(C)c2)c1)C1CCCCC1. The first kappa shape index (κ1) is 26.2. The van der Waals surface area contributed by atoms with Gasteiger partial charge < -0.3 is 10.2 Å². The second-order valence-electron chi connectivity index (χ2n) is 10.6. The predicted octanol–water partition coefficient (Wildman–Crippen LogP) is 5.05. The average molecular weight is 490 g/mol. The number of likely N-dealkylation sites (tertiary alicyclic amines) is 1. The number of nitrogens with one attached hydrogen (secondary N) is 1. The van der Waals surface area contributed by atoms with E-state index in [1.54, 1.807) is 19.4 Å². The summed E-state index contributed by atoms with van der Waals surface area (Å²) < 4.78 is 0. The Morgan fingerprint density at radius 3 is 2.53 bits per heavy atom. The van der Waals surface area contributed by atoms with Gasteiger partial charge in [-0.15, -0.1) is 0 Å². The summed E-state index contributed by atoms with van der Waals surface area (Å²) in [6.07, 6.45) is 10.9. The van der Waals surface area contributed by atoms with E-state index in [-0.39, 0.29) is 41.4 Å². The van der Waals surface area contributed by atoms with E-state index in [1.807, 2.05) is 49.1 Å². The molecule has 6 heteroatoms. The number of aryl methyl sites for hydroxylation is 1. The average Bonchev–Trinajstić information content (AvgIpc) is 3.41. The van der Waals surface area contributed by atoms with Crippen molar-refractivity contribution in [3.05, 3.63) is 65.0 Å². The molecule has 6 nitrogen and oxygen atoms in total. The standard InChI is InChI=1S/C30H39N3O3/c1-20-9-7-12-23(15-20)29(35)25-16-24(18-32-19-25)27-13-8-14-33(27)30(36)26(17-28(34)21(2)31-3)22-10-5-4-6-11-22/h7,9,12,15-16,18-19,21-22,26-27,31H,4-6,8,10-11,13-14,17H2,1-3H3/t21-,26-,27-/m0/s1. The second-order valence-corrected chi connectivity index (χ2v) is 10.6. The van der Waals surface area contributed by atoms with Crippen LogP contribution in [0.1, 0.15) is 91.4 Å². The van der Waals surface area contributed by atoms with Gasteiger partial charge in [0.2, 0.25) is 5.91 Å². The number of nitrogens with zero attached hydrogens (tertiary/aromatic N) is 2. The van der Waals surface area contributed by atoms with Gasteiger partial charge in [-0.3, -0.25) is 19.4 Å². The van der Waals surface area contributed by atoms with Crippen LogP contribution in [0.2, 0.25) is 0 Å². The molecule has 0 radical (unpaired) electrons. The van der Waals surface area contributed by atoms with Crippen LogP contribution in [-0.4, -0.2) is 47.0 Å². The Morgan fingerprint density at radius 1 is 1.03 bits per heavy atom. The van der Waals surface area contributed by atoms with E-state index in [1.165, 1.54) is 6.42 Å². The Balaban J connectivity index is 1.57. The third kappa shape index (κ3) is 5.92. The number of likely N-dealkylation sites (N-methyl/N-ethyl adjacent to an activating group) is 1. The smallest absolute Gasteiger partial charge is 0.226 e. The summed E-state index contributed by atoms with van der Waals surface area (Å²) in [5.41, 5.74) is 3.12. The van der Waals surface area contributed by atoms with Crippen molar-refractivity contribution in [3.63, 3.8) is 0 Å². The number of ketones is 2. The third-order valence-corrected chi connectivity index (χ3v) is 8.10. The zero-order chi connectivity index (χ0) is 25.7. The van der Waals surface area contributed by atoms with Gasteiger partial charge in [0.25, 0.3) is 0 Å². The molecular weight excluding hydrogens is 450 g/mol. The highest BCUT2D eigenvalue weighted by molar-refractivity contribution is 6.09. The molecule has 2 aromatic rings. The van der Waals surface area contributed by atoms with Crippen molar-refractivity contribution >= 4 is 17.5 Å². The van der Waals surface area contributed by atoms with Crippen LogP contribution >= 0.6 is 0 Å². The van der Waals surface area contributed by atoms with Crippen LogP contribution in [-0.2, 0) is 9.59 Å². The van der Waals surface area contributed by atoms with Crippen LogP contribution in [0.5, 0.6) is 0 Å². The number of carbonyl (C=O) groups excluding carboxylic acids is 3. The molecule has 2 fully saturated rings. The lowest BCUT2D eigenvalue weighted by Crippen LogP contribution is -2.42. The molecule has 0 unspecified atom stereocenters. The van der Waals surface area contributed by atoms with Crippen LogP contribution in [0.25, 0.3) is 0 Å². The van der Waals surface area contributed by atoms with E-state index in [4.69, 9.17) is 0 Å². The summed E-state index contributed by atoms with van der Waals surface area (Å²) >= 11 is 0. The summed E-state index contributed by atoms with van der Waals surface area (Å²) in [6.45, 7) is 4.52. The lowest BCUT2D eigenvalue weighted by Gasteiger charge is -2.35. The molecule has 192 valence electrons. The first-order valence-corrected chi connectivity index (χ1v) is 13.5. The number of hydrogen-bond acceptors (Lipinski definition) is 5. The van der Waals surface area contributed by atoms with E-state index >= 15 is 0 Å². The number of aromatic nitrogens is 1. The van der Waals surface area contributed by atoms with Gasteiger partial charge in [0, 0.05) is 42.4 Å². The van der Waals surface area contributed by atoms with Crippen molar-refractivity contribution in [2.45, 2.75) is 77.3 Å². The van der Waals surface area contributed by atoms with Gasteiger partial charge in [-0.2, -0.15) is 0 Å². The molecule has 1 aliphatic carbocycles. The van der Waals surface area contributed by atoms with Gasteiger partial charge in [0.1, 0.15) is 5.78 Å². The Morgan fingerprint density at radius 2 is 1.81 bits per heavy atom. The number of carbonyl (C=O) groups is 3. The van der Waals surface area contributed by atoms with E-state index in [9.17, 15) is 14.4 Å². The minimum atomic E-state index is -0.278. The largest absolute Gasteiger partial charge is 0.335 e. The molecule has 1 aromatic heterocycles. The van der Waals surface area contributed by atoms with Gasteiger partial charge in [-0.25, -0.2) is 0 Å². The molecule has 1 aromatic carbocycles. The molecule has 3 atom stereocenters. The van der Waals surface area contributed by atoms with Crippen molar-refractivity contribution in [1.82, 2.24) is 15.2 Å². The van der Waals surface area contributed by atoms with Crippen LogP contribution in [0.3, 0.4) is 0 Å². The molecule has 2 heterocycles. The number of hydrogen-bond donors (Lipinski definition) is 1. The zero-order valence-corrected chi connectivity index (χ0v) is 21.8. The van der Waals surface area contributed by atoms with Crippen LogP contribution in [0, 0.1) is 18.8 Å². The second kappa shape index (κ2) is 11.9. The summed E-state index contributed by atoms with van der Waals surface area (Å²) in [4.78, 5) is 46.4. The van der Waals surface area contributed by atoms with E-state index in [0.717, 1.165) is 49.7 Å². The minimum absolute atomic E-state index is 0.0596. The predicted molar refractivity (Wildman–Crippen MR) is 141 cm³/mol. The fourth-order valence-corrected chi connectivity index (χ4v) is 5.85. The Hall–Kier alpha value is -2.86. The number of rotatable bonds is 9. The quantitative estimate of drug-likeness (QED) is 0.499. The molecule has 1 N–H and O–H groups in total. The maximum Gasteiger partial charge on any atom is 0.226 e. The topological polar surface area (TPSA) is 79.4 Å². The zero-order valence-electron chi connectivity index (χ0n) is 21.8. The first-order chi connectivity index (χ1) is 17.4. The monoisotopic (exact) mass is 489 g/mol. The molecule has 4 rings (SSSR count). The highest BCUT2D eigenvalue weighted by Gasteiger charge is 2.39. The fraction of sp³-hybridized carbons (Fsp3) is 0.533. The third-order valence-electron chi connectivity index (χ3n) is 8.10. The molecule has 1 amide bonds. The number of amides is 1. The van der Waals surface area contributed by atoms with E-state index in [2.05, 4.69) is 10.3 Å². The summed E-state index contributed by atoms with van der Waals surface area (Å²) in [5, 5.41) is 3.04. The highest BCUT2D eigenvalue weighted by Crippen LogP contribution is 2.38. The molecular formula is C30H39N3O3. The molecule has 2 aliphatic rings. The minimum Gasteiger partial charge on any atom is -0.335 e. The maximum atomic E-state index is 14.0. The lowest BCUT2D eigenvalue weighted by atomic mass is 9.76. The normalized spacial score (nSPS) is 20.2. The van der Waals surface area contributed by atoms with Crippen molar-refractivity contribution in [2.75, 3.05) is 13.6 Å². The van der Waals surface area contributed by atoms with E-state index in [0.29, 0.717) is 24.1 Å². The molecule has 1 saturated carbocycles. The highest BCUT2D eigenvalue weighted by atomic mass is 16.2. The Bertz CT molecular complexity index is 1090. The van der Waals surface area contributed by atoms with E-state index < -0.39 is 0 Å². The summed E-state index contributed by atoms with van der Waals surface area (Å²) in [6, 6.07) is 9.10. The van der Waals surface area contributed by atoms with Crippen molar-refractivity contribution in [1.29, 1.82) is 0 Å². The fourth-order valence-electron chi connectivity index (χ4n) is 5.85. The number of Topliss-reactive ketones (excluding diaryl/α,β-unsaturated/α-hetero) is 1. The molecule has 1 saturated heterocycles. The first-order valence-electron chi connectivity index (χ1n) is 13.5. The van der Waals surface area contributed by atoms with Gasteiger partial charge in [-0.1, -0.05) is 43.0 Å². The van der Waals surface area contributed by atoms with Crippen molar-refractivity contribution < 1.29 is 14.4 Å². The molecule has 0 bridgehead atoms. The van der Waals surface area contributed by atoms with Crippen LogP contribution in [0.15, 0.2) is 42.7 Å². The maximum absolute atomic E-state index is 14.0. The Kier molecular flexibility index (Phi) is 8.68. The Labute approximate surface area is 214 Å². The number of pyridine rings is 1. The summed E-state index contributed by atoms with van der Waals surface area (Å²) in [5.74, 6) is 0.115. The van der Waals surface area contributed by atoms with Crippen molar-refractivity contribution in [3.8, 4) is 0 Å². The summed E-state index contributed by atoms with van der Waals surface area (Å²) in [7, 11) is 1.79. The van der Waals surface area contributed by atoms with Gasteiger partial charge >= 0.3 is 0 Å². The molecule has 0 spiro atoms. The van der Waals surface area contributed by atoms with Crippen LogP contribution < -0.4 is 5.32 Å². The molecule has 36 heavy (non-hydrogen) atoms. The lowest BCUT2D eigenvalue weighted by molar-refractivity contribution is -0.141. The number of benzene rings is 1. The van der Waals surface area contributed by atoms with Crippen LogP contribution in [0.4, 0.5) is 0 Å². The molecule has 1 aliphatic heterocycles. The van der Waals surface area contributed by atoms with Gasteiger partial charge in [0.05, 0.1) is 12.1 Å². The van der Waals surface area contributed by atoms with Gasteiger partial charge in [0.15, 0.2) is 5.78 Å².